The second-order valence-electron chi connectivity index (χ2n) is 3.52. The Kier molecular flexibility index (Phi) is 8.19. The van der Waals surface area contributed by atoms with Gasteiger partial charge >= 0.3 is 0 Å². The number of carbonyl (C=O) groups is 1. The number of amidine groups is 1. The van der Waals surface area contributed by atoms with Gasteiger partial charge in [0.05, 0.1) is 0 Å². The van der Waals surface area contributed by atoms with Gasteiger partial charge in [-0.1, -0.05) is 32.6 Å². The van der Waals surface area contributed by atoms with Crippen molar-refractivity contribution < 1.29 is 4.79 Å². The minimum Gasteiger partial charge on any atom is -0.315 e. The van der Waals surface area contributed by atoms with E-state index in [1.165, 1.54) is 32.6 Å². The number of aliphatic imine (C=N–C) groups is 1. The molecule has 82 valence electrons. The summed E-state index contributed by atoms with van der Waals surface area (Å²) in [5.41, 5.74) is 0. The molecule has 0 aliphatic rings. The van der Waals surface area contributed by atoms with Crippen LogP contribution in [0.2, 0.25) is 0 Å². The Morgan fingerprint density at radius 1 is 1.21 bits per heavy atom. The van der Waals surface area contributed by atoms with Gasteiger partial charge in [-0.05, 0) is 6.42 Å². The predicted molar refractivity (Wildman–Crippen MR) is 60.6 cm³/mol. The summed E-state index contributed by atoms with van der Waals surface area (Å²) in [5, 5.41) is 2.73. The number of hydrogen-bond acceptors (Lipinski definition) is 2. The molecule has 0 fully saturated rings. The van der Waals surface area contributed by atoms with E-state index in [0.717, 1.165) is 18.7 Å². The van der Waals surface area contributed by atoms with E-state index in [9.17, 15) is 4.79 Å². The molecule has 0 heterocycles. The van der Waals surface area contributed by atoms with Crippen molar-refractivity contribution in [3.8, 4) is 0 Å². The lowest BCUT2D eigenvalue weighted by molar-refractivity contribution is -0.117. The Morgan fingerprint density at radius 3 is 2.36 bits per heavy atom. The topological polar surface area (TPSA) is 41.5 Å². The molecule has 0 aromatic heterocycles. The molecule has 0 aromatic carbocycles. The highest BCUT2D eigenvalue weighted by Gasteiger charge is 1.99. The Hall–Kier alpha value is -0.860. The van der Waals surface area contributed by atoms with E-state index in [4.69, 9.17) is 0 Å². The van der Waals surface area contributed by atoms with Crippen LogP contribution in [0.5, 0.6) is 0 Å². The molecule has 0 atom stereocenters. The molecule has 0 rings (SSSR count). The zero-order chi connectivity index (χ0) is 10.8. The maximum Gasteiger partial charge on any atom is 0.222 e. The molecule has 3 nitrogen and oxygen atoms in total. The van der Waals surface area contributed by atoms with Crippen LogP contribution in [0, 0.1) is 0 Å². The molecule has 0 radical (unpaired) electrons. The van der Waals surface area contributed by atoms with Crippen molar-refractivity contribution in [2.45, 2.75) is 52.4 Å². The van der Waals surface area contributed by atoms with E-state index in [2.05, 4.69) is 17.2 Å². The SMILES string of the molecule is CCCCCCC/C(=N\C)NC(C)=O. The van der Waals surface area contributed by atoms with Crippen LogP contribution in [-0.2, 0) is 4.79 Å². The number of rotatable bonds is 6. The summed E-state index contributed by atoms with van der Waals surface area (Å²) in [7, 11) is 1.72. The van der Waals surface area contributed by atoms with Gasteiger partial charge in [-0.25, -0.2) is 0 Å². The van der Waals surface area contributed by atoms with Crippen LogP contribution in [0.15, 0.2) is 4.99 Å². The van der Waals surface area contributed by atoms with Crippen LogP contribution in [0.1, 0.15) is 52.4 Å². The predicted octanol–water partition coefficient (Wildman–Crippen LogP) is 2.51. The molecule has 0 aliphatic carbocycles. The number of nitrogens with zero attached hydrogens (tertiary/aromatic N) is 1. The molecule has 0 bridgehead atoms. The molecule has 14 heavy (non-hydrogen) atoms. The van der Waals surface area contributed by atoms with Crippen molar-refractivity contribution in [2.24, 2.45) is 4.99 Å². The van der Waals surface area contributed by atoms with Crippen LogP contribution in [0.25, 0.3) is 0 Å². The van der Waals surface area contributed by atoms with Gasteiger partial charge in [0.25, 0.3) is 0 Å². The van der Waals surface area contributed by atoms with Crippen molar-refractivity contribution in [3.05, 3.63) is 0 Å². The Balaban J connectivity index is 3.49. The monoisotopic (exact) mass is 198 g/mol. The second-order valence-corrected chi connectivity index (χ2v) is 3.52. The maximum atomic E-state index is 10.8. The normalized spacial score (nSPS) is 11.5. The summed E-state index contributed by atoms with van der Waals surface area (Å²) in [6, 6.07) is 0. The van der Waals surface area contributed by atoms with Crippen molar-refractivity contribution in [2.75, 3.05) is 7.05 Å². The third-order valence-electron chi connectivity index (χ3n) is 2.11. The van der Waals surface area contributed by atoms with Gasteiger partial charge in [-0.15, -0.1) is 0 Å². The zero-order valence-corrected chi connectivity index (χ0v) is 9.60. The van der Waals surface area contributed by atoms with E-state index >= 15 is 0 Å². The Morgan fingerprint density at radius 2 is 1.86 bits per heavy atom. The lowest BCUT2D eigenvalue weighted by Crippen LogP contribution is -2.27. The van der Waals surface area contributed by atoms with Crippen LogP contribution in [0.4, 0.5) is 0 Å². The molecule has 0 saturated carbocycles. The van der Waals surface area contributed by atoms with Gasteiger partial charge in [0.15, 0.2) is 0 Å². The fourth-order valence-electron chi connectivity index (χ4n) is 1.33. The van der Waals surface area contributed by atoms with Crippen molar-refractivity contribution in [1.29, 1.82) is 0 Å². The average molecular weight is 198 g/mol. The summed E-state index contributed by atoms with van der Waals surface area (Å²) in [6.07, 6.45) is 7.09. The molecule has 1 N–H and O–H groups in total. The molecule has 0 aromatic rings. The first-order valence-electron chi connectivity index (χ1n) is 5.44. The quantitative estimate of drug-likeness (QED) is 0.397. The Labute approximate surface area is 87.0 Å². The van der Waals surface area contributed by atoms with Crippen molar-refractivity contribution >= 4 is 11.7 Å². The highest BCUT2D eigenvalue weighted by Crippen LogP contribution is 2.05. The smallest absolute Gasteiger partial charge is 0.222 e. The summed E-state index contributed by atoms with van der Waals surface area (Å²) in [5.74, 6) is 0.785. The summed E-state index contributed by atoms with van der Waals surface area (Å²) >= 11 is 0. The number of nitrogens with one attached hydrogen (secondary N) is 1. The highest BCUT2D eigenvalue weighted by molar-refractivity contribution is 5.97. The molecular weight excluding hydrogens is 176 g/mol. The van der Waals surface area contributed by atoms with Crippen molar-refractivity contribution in [3.63, 3.8) is 0 Å². The van der Waals surface area contributed by atoms with E-state index in [1.54, 1.807) is 7.05 Å². The van der Waals surface area contributed by atoms with E-state index in [0.29, 0.717) is 0 Å². The van der Waals surface area contributed by atoms with Crippen LogP contribution < -0.4 is 5.32 Å². The van der Waals surface area contributed by atoms with Crippen molar-refractivity contribution in [1.82, 2.24) is 5.32 Å². The molecule has 1 amide bonds. The number of hydrogen-bond donors (Lipinski definition) is 1. The first-order valence-corrected chi connectivity index (χ1v) is 5.44. The Bertz CT molecular complexity index is 188. The van der Waals surface area contributed by atoms with Gasteiger partial charge < -0.3 is 5.32 Å². The maximum absolute atomic E-state index is 10.8. The van der Waals surface area contributed by atoms with Gasteiger partial charge in [0.1, 0.15) is 5.84 Å². The van der Waals surface area contributed by atoms with Gasteiger partial charge in [0, 0.05) is 20.4 Å². The summed E-state index contributed by atoms with van der Waals surface area (Å²) < 4.78 is 0. The van der Waals surface area contributed by atoms with E-state index in [1.807, 2.05) is 0 Å². The number of amides is 1. The first kappa shape index (κ1) is 13.1. The third-order valence-corrected chi connectivity index (χ3v) is 2.11. The number of carbonyl (C=O) groups excluding carboxylic acids is 1. The average Bonchev–Trinajstić information content (AvgIpc) is 2.15. The minimum absolute atomic E-state index is 0.0286. The van der Waals surface area contributed by atoms with Gasteiger partial charge in [-0.2, -0.15) is 0 Å². The highest BCUT2D eigenvalue weighted by atomic mass is 16.1. The zero-order valence-electron chi connectivity index (χ0n) is 9.60. The molecule has 0 saturated heterocycles. The molecule has 3 heteroatoms. The van der Waals surface area contributed by atoms with Gasteiger partial charge in [-0.3, -0.25) is 9.79 Å². The summed E-state index contributed by atoms with van der Waals surface area (Å²) in [4.78, 5) is 14.8. The molecule has 0 unspecified atom stereocenters. The third kappa shape index (κ3) is 7.77. The molecule has 0 aliphatic heterocycles. The minimum atomic E-state index is -0.0286. The standard InChI is InChI=1S/C11H22N2O/c1-4-5-6-7-8-9-11(12-3)13-10(2)14/h4-9H2,1-3H3,(H,12,13,14). The van der Waals surface area contributed by atoms with E-state index < -0.39 is 0 Å². The van der Waals surface area contributed by atoms with Crippen LogP contribution in [0.3, 0.4) is 0 Å². The van der Waals surface area contributed by atoms with E-state index in [-0.39, 0.29) is 5.91 Å². The fraction of sp³-hybridized carbons (Fsp3) is 0.818. The fourth-order valence-corrected chi connectivity index (χ4v) is 1.33. The van der Waals surface area contributed by atoms with Gasteiger partial charge in [0.2, 0.25) is 5.91 Å². The van der Waals surface area contributed by atoms with Crippen LogP contribution >= 0.6 is 0 Å². The molecule has 0 spiro atoms. The van der Waals surface area contributed by atoms with Crippen LogP contribution in [-0.4, -0.2) is 18.8 Å². The summed E-state index contributed by atoms with van der Waals surface area (Å²) in [6.45, 7) is 3.72. The second kappa shape index (κ2) is 8.73. The first-order chi connectivity index (χ1) is 6.70. The lowest BCUT2D eigenvalue weighted by Gasteiger charge is -2.05. The number of unbranched alkanes of at least 4 members (excludes halogenated alkanes) is 4. The largest absolute Gasteiger partial charge is 0.315 e. The molecular formula is C11H22N2O. The lowest BCUT2D eigenvalue weighted by atomic mass is 10.1.